The molecule has 1 unspecified atom stereocenters. The lowest BCUT2D eigenvalue weighted by atomic mass is 9.99. The van der Waals surface area contributed by atoms with Crippen molar-refractivity contribution in [3.63, 3.8) is 0 Å². The maximum absolute atomic E-state index is 13.4. The van der Waals surface area contributed by atoms with Gasteiger partial charge < -0.3 is 15.6 Å². The molecule has 0 aliphatic rings. The molecule has 0 aliphatic heterocycles. The number of hydrogen-bond acceptors (Lipinski definition) is 3. The number of halogens is 2. The van der Waals surface area contributed by atoms with Gasteiger partial charge in [-0.05, 0) is 28.4 Å². The molecule has 3 nitrogen and oxygen atoms in total. The number of nitrogens with two attached hydrogens (primary N) is 1. The topological polar surface area (TPSA) is 55.5 Å². The molecule has 1 atom stereocenters. The van der Waals surface area contributed by atoms with E-state index in [0.29, 0.717) is 12.1 Å². The number of methoxy groups -OCH3 is 1. The molecule has 15 heavy (non-hydrogen) atoms. The average Bonchev–Trinajstić information content (AvgIpc) is 2.23. The minimum Gasteiger partial charge on any atom is -0.504 e. The first-order valence-corrected chi connectivity index (χ1v) is 5.27. The fourth-order valence-corrected chi connectivity index (χ4v) is 2.03. The van der Waals surface area contributed by atoms with E-state index in [2.05, 4.69) is 15.9 Å². The van der Waals surface area contributed by atoms with E-state index >= 15 is 0 Å². The van der Waals surface area contributed by atoms with Gasteiger partial charge in [-0.15, -0.1) is 0 Å². The molecule has 0 aliphatic carbocycles. The van der Waals surface area contributed by atoms with Gasteiger partial charge in [0.15, 0.2) is 11.5 Å². The quantitative estimate of drug-likeness (QED) is 0.892. The van der Waals surface area contributed by atoms with Crippen molar-refractivity contribution in [2.75, 3.05) is 13.7 Å². The zero-order chi connectivity index (χ0) is 11.6. The highest BCUT2D eigenvalue weighted by Gasteiger charge is 2.20. The minimum atomic E-state index is -0.472. The molecule has 1 rings (SSSR count). The molecule has 5 heteroatoms. The molecule has 0 aromatic heterocycles. The van der Waals surface area contributed by atoms with Crippen LogP contribution in [0, 0.1) is 5.82 Å². The Kier molecular flexibility index (Phi) is 3.93. The highest BCUT2D eigenvalue weighted by molar-refractivity contribution is 9.10. The number of hydrogen-bond donors (Lipinski definition) is 2. The van der Waals surface area contributed by atoms with Crippen LogP contribution < -0.4 is 10.5 Å². The summed E-state index contributed by atoms with van der Waals surface area (Å²) in [4.78, 5) is 0. The monoisotopic (exact) mass is 277 g/mol. The Hall–Kier alpha value is -0.810. The largest absolute Gasteiger partial charge is 0.504 e. The second-order valence-corrected chi connectivity index (χ2v) is 4.07. The molecule has 0 bridgehead atoms. The van der Waals surface area contributed by atoms with Crippen LogP contribution in [0.2, 0.25) is 0 Å². The first-order valence-electron chi connectivity index (χ1n) is 4.47. The standard InChI is InChI=1S/C10H13BrFNO2/c1-5(4-13)8-9(11)6(12)3-7(15-2)10(8)14/h3,5,14H,4,13H2,1-2H3. The van der Waals surface area contributed by atoms with E-state index in [4.69, 9.17) is 10.5 Å². The normalized spacial score (nSPS) is 12.6. The number of ether oxygens (including phenoxy) is 1. The second-order valence-electron chi connectivity index (χ2n) is 3.27. The van der Waals surface area contributed by atoms with Crippen molar-refractivity contribution in [3.05, 3.63) is 21.9 Å². The molecule has 0 spiro atoms. The summed E-state index contributed by atoms with van der Waals surface area (Å²) < 4.78 is 18.5. The molecule has 0 saturated carbocycles. The molecular weight excluding hydrogens is 265 g/mol. The summed E-state index contributed by atoms with van der Waals surface area (Å²) in [6.07, 6.45) is 0. The Balaban J connectivity index is 3.40. The summed E-state index contributed by atoms with van der Waals surface area (Å²) in [6, 6.07) is 1.13. The molecular formula is C10H13BrFNO2. The van der Waals surface area contributed by atoms with Gasteiger partial charge in [-0.25, -0.2) is 4.39 Å². The molecule has 0 fully saturated rings. The Labute approximate surface area is 96.2 Å². The van der Waals surface area contributed by atoms with Gasteiger partial charge >= 0.3 is 0 Å². The zero-order valence-electron chi connectivity index (χ0n) is 8.55. The third-order valence-electron chi connectivity index (χ3n) is 2.26. The van der Waals surface area contributed by atoms with Gasteiger partial charge in [0.2, 0.25) is 0 Å². The fourth-order valence-electron chi connectivity index (χ4n) is 1.34. The summed E-state index contributed by atoms with van der Waals surface area (Å²) in [5.41, 5.74) is 5.93. The van der Waals surface area contributed by atoms with E-state index in [-0.39, 0.29) is 21.9 Å². The van der Waals surface area contributed by atoms with Crippen molar-refractivity contribution in [3.8, 4) is 11.5 Å². The fraction of sp³-hybridized carbons (Fsp3) is 0.400. The first kappa shape index (κ1) is 12.3. The van der Waals surface area contributed by atoms with Gasteiger partial charge in [-0.3, -0.25) is 0 Å². The van der Waals surface area contributed by atoms with Crippen LogP contribution in [0.25, 0.3) is 0 Å². The number of phenolic OH excluding ortho intramolecular Hbond substituents is 1. The zero-order valence-corrected chi connectivity index (χ0v) is 10.1. The Morgan fingerprint density at radius 2 is 2.27 bits per heavy atom. The van der Waals surface area contributed by atoms with E-state index < -0.39 is 5.82 Å². The molecule has 0 heterocycles. The van der Waals surface area contributed by atoms with Crippen LogP contribution in [-0.2, 0) is 0 Å². The second kappa shape index (κ2) is 4.81. The van der Waals surface area contributed by atoms with E-state index in [0.717, 1.165) is 6.07 Å². The van der Waals surface area contributed by atoms with Crippen molar-refractivity contribution >= 4 is 15.9 Å². The van der Waals surface area contributed by atoms with E-state index in [1.165, 1.54) is 7.11 Å². The highest BCUT2D eigenvalue weighted by Crippen LogP contribution is 2.40. The highest BCUT2D eigenvalue weighted by atomic mass is 79.9. The lowest BCUT2D eigenvalue weighted by Crippen LogP contribution is -2.10. The molecule has 0 radical (unpaired) electrons. The molecule has 84 valence electrons. The summed E-state index contributed by atoms with van der Waals surface area (Å²) in [5.74, 6) is -0.571. The van der Waals surface area contributed by atoms with E-state index in [1.807, 2.05) is 0 Å². The number of aromatic hydroxyl groups is 1. The van der Waals surface area contributed by atoms with Gasteiger partial charge in [0, 0.05) is 11.6 Å². The van der Waals surface area contributed by atoms with Crippen molar-refractivity contribution in [1.82, 2.24) is 0 Å². The summed E-state index contributed by atoms with van der Waals surface area (Å²) in [6.45, 7) is 2.12. The summed E-state index contributed by atoms with van der Waals surface area (Å²) in [5, 5.41) is 9.82. The van der Waals surface area contributed by atoms with Gasteiger partial charge in [0.1, 0.15) is 5.82 Å². The van der Waals surface area contributed by atoms with Crippen LogP contribution in [-0.4, -0.2) is 18.8 Å². The van der Waals surface area contributed by atoms with Gasteiger partial charge in [0.25, 0.3) is 0 Å². The third kappa shape index (κ3) is 2.23. The Morgan fingerprint density at radius 3 is 2.73 bits per heavy atom. The van der Waals surface area contributed by atoms with E-state index in [1.54, 1.807) is 6.92 Å². The number of phenols is 1. The maximum atomic E-state index is 13.4. The van der Waals surface area contributed by atoms with Crippen LogP contribution in [0.15, 0.2) is 10.5 Å². The first-order chi connectivity index (χ1) is 7.02. The Bertz CT molecular complexity index is 371. The molecule has 1 aromatic carbocycles. The molecule has 1 aromatic rings. The lowest BCUT2D eigenvalue weighted by Gasteiger charge is -2.16. The van der Waals surface area contributed by atoms with Crippen molar-refractivity contribution in [1.29, 1.82) is 0 Å². The van der Waals surface area contributed by atoms with Gasteiger partial charge in [0.05, 0.1) is 11.6 Å². The summed E-state index contributed by atoms with van der Waals surface area (Å²) >= 11 is 3.09. The number of rotatable bonds is 3. The van der Waals surface area contributed by atoms with Crippen LogP contribution in [0.5, 0.6) is 11.5 Å². The predicted molar refractivity (Wildman–Crippen MR) is 59.8 cm³/mol. The van der Waals surface area contributed by atoms with Crippen LogP contribution in [0.4, 0.5) is 4.39 Å². The van der Waals surface area contributed by atoms with Crippen molar-refractivity contribution in [2.45, 2.75) is 12.8 Å². The van der Waals surface area contributed by atoms with Crippen molar-refractivity contribution < 1.29 is 14.2 Å². The number of benzene rings is 1. The SMILES string of the molecule is COc1cc(F)c(Br)c(C(C)CN)c1O. The maximum Gasteiger partial charge on any atom is 0.163 e. The van der Waals surface area contributed by atoms with Crippen LogP contribution >= 0.6 is 15.9 Å². The Morgan fingerprint density at radius 1 is 1.67 bits per heavy atom. The third-order valence-corrected chi connectivity index (χ3v) is 3.06. The van der Waals surface area contributed by atoms with Crippen LogP contribution in [0.1, 0.15) is 18.4 Å². The van der Waals surface area contributed by atoms with Gasteiger partial charge in [-0.1, -0.05) is 6.92 Å². The predicted octanol–water partition coefficient (Wildman–Crippen LogP) is 2.36. The smallest absolute Gasteiger partial charge is 0.163 e. The van der Waals surface area contributed by atoms with E-state index in [9.17, 15) is 9.50 Å². The average molecular weight is 278 g/mol. The van der Waals surface area contributed by atoms with Crippen molar-refractivity contribution in [2.24, 2.45) is 5.73 Å². The summed E-state index contributed by atoms with van der Waals surface area (Å²) in [7, 11) is 1.37. The van der Waals surface area contributed by atoms with Gasteiger partial charge in [-0.2, -0.15) is 0 Å². The minimum absolute atomic E-state index is 0.0660. The molecule has 0 saturated heterocycles. The molecule has 0 amide bonds. The lowest BCUT2D eigenvalue weighted by molar-refractivity contribution is 0.364. The molecule has 3 N–H and O–H groups in total. The van der Waals surface area contributed by atoms with Crippen LogP contribution in [0.3, 0.4) is 0 Å².